The van der Waals surface area contributed by atoms with Crippen LogP contribution in [0.4, 0.5) is 0 Å². The van der Waals surface area contributed by atoms with Crippen LogP contribution in [-0.4, -0.2) is 8.07 Å². The van der Waals surface area contributed by atoms with Crippen molar-refractivity contribution >= 4 is 29.6 Å². The molecule has 4 aromatic rings. The van der Waals surface area contributed by atoms with Gasteiger partial charge in [-0.15, -0.1) is 0 Å². The SMILES string of the molecule is CC[Si]1(CC)C(c2ccccc2)=C(c2ccccc2)C(c2ccccc2)=C1c1ccccc1. The summed E-state index contributed by atoms with van der Waals surface area (Å²) in [7, 11) is -2.05. The molecule has 0 spiro atoms. The molecule has 0 amide bonds. The van der Waals surface area contributed by atoms with Crippen molar-refractivity contribution in [3.05, 3.63) is 144 Å². The molecule has 0 nitrogen and oxygen atoms in total. The average Bonchev–Trinajstić information content (AvgIpc) is 3.22. The van der Waals surface area contributed by atoms with Gasteiger partial charge in [0.05, 0.1) is 0 Å². The molecule has 33 heavy (non-hydrogen) atoms. The van der Waals surface area contributed by atoms with Crippen LogP contribution in [0.1, 0.15) is 36.1 Å². The summed E-state index contributed by atoms with van der Waals surface area (Å²) in [5.74, 6) is 0. The highest BCUT2D eigenvalue weighted by atomic mass is 28.3. The van der Waals surface area contributed by atoms with Crippen molar-refractivity contribution in [2.75, 3.05) is 0 Å². The first-order valence-corrected chi connectivity index (χ1v) is 14.4. The topological polar surface area (TPSA) is 0 Å². The van der Waals surface area contributed by atoms with Crippen LogP contribution in [-0.2, 0) is 0 Å². The summed E-state index contributed by atoms with van der Waals surface area (Å²) in [4.78, 5) is 0. The zero-order valence-corrected chi connectivity index (χ0v) is 20.5. The third kappa shape index (κ3) is 3.63. The minimum absolute atomic E-state index is 1.19. The predicted octanol–water partition coefficient (Wildman–Crippen LogP) is 8.79. The monoisotopic (exact) mass is 442 g/mol. The van der Waals surface area contributed by atoms with Gasteiger partial charge in [-0.05, 0) is 43.8 Å². The van der Waals surface area contributed by atoms with Crippen LogP contribution in [0.5, 0.6) is 0 Å². The molecule has 0 N–H and O–H groups in total. The summed E-state index contributed by atoms with van der Waals surface area (Å²) in [6, 6.07) is 46.8. The van der Waals surface area contributed by atoms with Crippen molar-refractivity contribution in [3.63, 3.8) is 0 Å². The van der Waals surface area contributed by atoms with E-state index in [2.05, 4.69) is 135 Å². The van der Waals surface area contributed by atoms with Gasteiger partial charge in [0, 0.05) is 0 Å². The van der Waals surface area contributed by atoms with E-state index in [-0.39, 0.29) is 0 Å². The Kier molecular flexibility index (Phi) is 5.98. The van der Waals surface area contributed by atoms with Crippen LogP contribution < -0.4 is 0 Å². The number of rotatable bonds is 6. The van der Waals surface area contributed by atoms with Crippen molar-refractivity contribution in [2.24, 2.45) is 0 Å². The maximum Gasteiger partial charge on any atom is 0.120 e. The molecule has 0 unspecified atom stereocenters. The van der Waals surface area contributed by atoms with Gasteiger partial charge in [0.25, 0.3) is 0 Å². The van der Waals surface area contributed by atoms with Crippen molar-refractivity contribution in [1.29, 1.82) is 0 Å². The third-order valence-corrected chi connectivity index (χ3v) is 12.6. The highest BCUT2D eigenvalue weighted by Gasteiger charge is 2.47. The van der Waals surface area contributed by atoms with E-state index in [4.69, 9.17) is 0 Å². The van der Waals surface area contributed by atoms with Crippen LogP contribution >= 0.6 is 0 Å². The van der Waals surface area contributed by atoms with Crippen LogP contribution in [0.25, 0.3) is 21.5 Å². The summed E-state index contributed by atoms with van der Waals surface area (Å²) >= 11 is 0. The largest absolute Gasteiger partial charge is 0.120 e. The van der Waals surface area contributed by atoms with Crippen molar-refractivity contribution in [3.8, 4) is 0 Å². The van der Waals surface area contributed by atoms with Crippen LogP contribution in [0, 0.1) is 0 Å². The van der Waals surface area contributed by atoms with E-state index in [1.165, 1.54) is 45.5 Å². The molecule has 1 heteroatoms. The highest BCUT2D eigenvalue weighted by molar-refractivity contribution is 7.14. The maximum atomic E-state index is 2.41. The Morgan fingerprint density at radius 1 is 0.394 bits per heavy atom. The highest BCUT2D eigenvalue weighted by Crippen LogP contribution is 2.58. The molecule has 0 atom stereocenters. The molecule has 0 saturated carbocycles. The van der Waals surface area contributed by atoms with Gasteiger partial charge >= 0.3 is 0 Å². The van der Waals surface area contributed by atoms with E-state index in [0.29, 0.717) is 0 Å². The lowest BCUT2D eigenvalue weighted by molar-refractivity contribution is 1.30. The number of hydrogen-bond acceptors (Lipinski definition) is 0. The zero-order valence-electron chi connectivity index (χ0n) is 19.5. The lowest BCUT2D eigenvalue weighted by atomic mass is 9.89. The molecule has 0 bridgehead atoms. The molecule has 4 aromatic carbocycles. The fraction of sp³-hybridized carbons (Fsp3) is 0.125. The first kappa shape index (κ1) is 21.4. The smallest absolute Gasteiger partial charge is 0.0672 e. The summed E-state index contributed by atoms with van der Waals surface area (Å²) in [5.41, 5.74) is 8.27. The molecule has 1 aliphatic rings. The van der Waals surface area contributed by atoms with Gasteiger partial charge in [-0.2, -0.15) is 0 Å². The van der Waals surface area contributed by atoms with Gasteiger partial charge in [0.2, 0.25) is 0 Å². The Morgan fingerprint density at radius 3 is 0.939 bits per heavy atom. The fourth-order valence-electron chi connectivity index (χ4n) is 5.65. The molecule has 162 valence electrons. The standard InChI is InChI=1S/C32H30Si/c1-3-33(4-2)31(27-21-13-7-14-22-27)29(25-17-9-5-10-18-25)30(26-19-11-6-12-20-26)32(33)28-23-15-8-16-24-28/h5-24H,3-4H2,1-2H3. The lowest BCUT2D eigenvalue weighted by Gasteiger charge is -2.33. The molecular weight excluding hydrogens is 412 g/mol. The van der Waals surface area contributed by atoms with Crippen molar-refractivity contribution < 1.29 is 0 Å². The van der Waals surface area contributed by atoms with Gasteiger partial charge in [0.15, 0.2) is 0 Å². The lowest BCUT2D eigenvalue weighted by Crippen LogP contribution is -2.35. The Morgan fingerprint density at radius 2 is 0.667 bits per heavy atom. The molecule has 0 radical (unpaired) electrons. The van der Waals surface area contributed by atoms with Gasteiger partial charge in [-0.3, -0.25) is 0 Å². The van der Waals surface area contributed by atoms with Gasteiger partial charge in [-0.25, -0.2) is 0 Å². The maximum absolute atomic E-state index is 2.41. The molecule has 0 fully saturated rings. The molecule has 5 rings (SSSR count). The fourth-order valence-corrected chi connectivity index (χ4v) is 10.7. The minimum Gasteiger partial charge on any atom is -0.0672 e. The third-order valence-electron chi connectivity index (χ3n) is 7.16. The molecule has 0 aliphatic carbocycles. The summed E-state index contributed by atoms with van der Waals surface area (Å²) in [6.45, 7) is 4.83. The molecule has 1 aliphatic heterocycles. The normalized spacial score (nSPS) is 15.2. The summed E-state index contributed by atoms with van der Waals surface area (Å²) in [6.07, 6.45) is 0. The van der Waals surface area contributed by atoms with Crippen LogP contribution in [0.3, 0.4) is 0 Å². The van der Waals surface area contributed by atoms with Crippen LogP contribution in [0.15, 0.2) is 121 Å². The van der Waals surface area contributed by atoms with Gasteiger partial charge < -0.3 is 0 Å². The summed E-state index contributed by atoms with van der Waals surface area (Å²) < 4.78 is 0. The van der Waals surface area contributed by atoms with E-state index in [9.17, 15) is 0 Å². The van der Waals surface area contributed by atoms with E-state index in [1.807, 2.05) is 0 Å². The Labute approximate surface area is 199 Å². The zero-order chi connectivity index (χ0) is 22.7. The van der Waals surface area contributed by atoms with Crippen LogP contribution in [0.2, 0.25) is 12.1 Å². The average molecular weight is 443 g/mol. The Hall–Kier alpha value is -3.42. The second-order valence-electron chi connectivity index (χ2n) is 8.75. The van der Waals surface area contributed by atoms with E-state index in [1.54, 1.807) is 10.4 Å². The van der Waals surface area contributed by atoms with Crippen molar-refractivity contribution in [2.45, 2.75) is 25.9 Å². The van der Waals surface area contributed by atoms with E-state index >= 15 is 0 Å². The minimum atomic E-state index is -2.05. The molecule has 0 saturated heterocycles. The second kappa shape index (κ2) is 9.21. The van der Waals surface area contributed by atoms with Gasteiger partial charge in [0.1, 0.15) is 8.07 Å². The number of hydrogen-bond donors (Lipinski definition) is 0. The van der Waals surface area contributed by atoms with E-state index in [0.717, 1.165) is 0 Å². The van der Waals surface area contributed by atoms with Gasteiger partial charge in [-0.1, -0.05) is 147 Å². The quantitative estimate of drug-likeness (QED) is 0.262. The first-order valence-electron chi connectivity index (χ1n) is 12.0. The molecule has 1 heterocycles. The second-order valence-corrected chi connectivity index (χ2v) is 13.3. The summed E-state index contributed by atoms with van der Waals surface area (Å²) in [5, 5.41) is 3.19. The van der Waals surface area contributed by atoms with Crippen molar-refractivity contribution in [1.82, 2.24) is 0 Å². The first-order chi connectivity index (χ1) is 16.3. The Balaban J connectivity index is 1.97. The predicted molar refractivity (Wildman–Crippen MR) is 146 cm³/mol. The van der Waals surface area contributed by atoms with E-state index < -0.39 is 8.07 Å². The number of allylic oxidation sites excluding steroid dienone is 2. The molecule has 0 aromatic heterocycles. The molecular formula is C32H30Si. The Bertz CT molecular complexity index is 1180. The number of benzene rings is 4.